The predicted molar refractivity (Wildman–Crippen MR) is 63.1 cm³/mol. The molecule has 0 aliphatic carbocycles. The van der Waals surface area contributed by atoms with Gasteiger partial charge in [0.25, 0.3) is 0 Å². The number of rotatable bonds is 5. The number of nitrogens with one attached hydrogen (secondary N) is 2. The van der Waals surface area contributed by atoms with E-state index >= 15 is 0 Å². The van der Waals surface area contributed by atoms with Gasteiger partial charge in [-0.3, -0.25) is 0 Å². The van der Waals surface area contributed by atoms with Crippen LogP contribution in [0.4, 0.5) is 5.82 Å². The second-order valence-corrected chi connectivity index (χ2v) is 3.85. The third-order valence-electron chi connectivity index (χ3n) is 2.69. The Labute approximate surface area is 94.9 Å². The summed E-state index contributed by atoms with van der Waals surface area (Å²) in [6, 6.07) is 2.40. The van der Waals surface area contributed by atoms with Crippen molar-refractivity contribution in [1.82, 2.24) is 19.7 Å². The van der Waals surface area contributed by atoms with E-state index in [0.717, 1.165) is 24.5 Å². The maximum atomic E-state index is 4.32. The summed E-state index contributed by atoms with van der Waals surface area (Å²) in [5, 5.41) is 7.66. The number of anilines is 1. The van der Waals surface area contributed by atoms with Crippen molar-refractivity contribution in [2.45, 2.75) is 32.9 Å². The SMILES string of the molecule is CCC(C)n1nccc1NCc1cnc[nH]1. The topological polar surface area (TPSA) is 58.5 Å². The van der Waals surface area contributed by atoms with Crippen LogP contribution in [0.15, 0.2) is 24.8 Å². The Morgan fingerprint density at radius 2 is 2.44 bits per heavy atom. The van der Waals surface area contributed by atoms with E-state index in [4.69, 9.17) is 0 Å². The highest BCUT2D eigenvalue weighted by Gasteiger charge is 2.07. The molecule has 16 heavy (non-hydrogen) atoms. The number of aromatic amines is 1. The van der Waals surface area contributed by atoms with Gasteiger partial charge in [0.1, 0.15) is 5.82 Å². The molecule has 0 amide bonds. The zero-order chi connectivity index (χ0) is 11.4. The molecule has 2 N–H and O–H groups in total. The Kier molecular flexibility index (Phi) is 3.24. The number of nitrogens with zero attached hydrogens (tertiary/aromatic N) is 3. The van der Waals surface area contributed by atoms with E-state index in [9.17, 15) is 0 Å². The highest BCUT2D eigenvalue weighted by Crippen LogP contribution is 2.16. The van der Waals surface area contributed by atoms with Crippen molar-refractivity contribution in [3.8, 4) is 0 Å². The van der Waals surface area contributed by atoms with Crippen LogP contribution in [-0.2, 0) is 6.54 Å². The summed E-state index contributed by atoms with van der Waals surface area (Å²) in [6.45, 7) is 5.06. The molecule has 0 radical (unpaired) electrons. The van der Waals surface area contributed by atoms with Crippen LogP contribution in [0.25, 0.3) is 0 Å². The highest BCUT2D eigenvalue weighted by atomic mass is 15.3. The molecule has 2 aromatic rings. The van der Waals surface area contributed by atoms with Gasteiger partial charge >= 0.3 is 0 Å². The lowest BCUT2D eigenvalue weighted by Gasteiger charge is -2.14. The van der Waals surface area contributed by atoms with Crippen molar-refractivity contribution in [3.63, 3.8) is 0 Å². The normalized spacial score (nSPS) is 12.6. The first-order valence-electron chi connectivity index (χ1n) is 5.56. The molecule has 1 atom stereocenters. The van der Waals surface area contributed by atoms with Gasteiger partial charge in [0.2, 0.25) is 0 Å². The Bertz CT molecular complexity index is 417. The third-order valence-corrected chi connectivity index (χ3v) is 2.69. The minimum atomic E-state index is 0.416. The lowest BCUT2D eigenvalue weighted by atomic mass is 10.3. The van der Waals surface area contributed by atoms with Crippen molar-refractivity contribution in [2.24, 2.45) is 0 Å². The van der Waals surface area contributed by atoms with Crippen molar-refractivity contribution < 1.29 is 0 Å². The second kappa shape index (κ2) is 4.83. The smallest absolute Gasteiger partial charge is 0.124 e. The molecule has 0 saturated heterocycles. The lowest BCUT2D eigenvalue weighted by molar-refractivity contribution is 0.482. The molecule has 0 fully saturated rings. The van der Waals surface area contributed by atoms with Gasteiger partial charge in [-0.1, -0.05) is 6.92 Å². The molecule has 0 spiro atoms. The summed E-state index contributed by atoms with van der Waals surface area (Å²) >= 11 is 0. The minimum Gasteiger partial charge on any atom is -0.365 e. The second-order valence-electron chi connectivity index (χ2n) is 3.85. The van der Waals surface area contributed by atoms with Gasteiger partial charge < -0.3 is 10.3 Å². The summed E-state index contributed by atoms with van der Waals surface area (Å²) in [5.74, 6) is 1.05. The third kappa shape index (κ3) is 2.24. The molecular weight excluding hydrogens is 202 g/mol. The first-order valence-corrected chi connectivity index (χ1v) is 5.56. The molecular formula is C11H17N5. The Morgan fingerprint density at radius 3 is 3.12 bits per heavy atom. The van der Waals surface area contributed by atoms with Gasteiger partial charge in [-0.15, -0.1) is 0 Å². The lowest BCUT2D eigenvalue weighted by Crippen LogP contribution is -2.11. The Hall–Kier alpha value is -1.78. The van der Waals surface area contributed by atoms with Crippen LogP contribution in [0.1, 0.15) is 32.0 Å². The van der Waals surface area contributed by atoms with Crippen LogP contribution < -0.4 is 5.32 Å². The molecule has 0 saturated carbocycles. The number of aromatic nitrogens is 4. The van der Waals surface area contributed by atoms with Crippen LogP contribution in [0, 0.1) is 0 Å². The Morgan fingerprint density at radius 1 is 1.56 bits per heavy atom. The van der Waals surface area contributed by atoms with Crippen LogP contribution in [-0.4, -0.2) is 19.7 Å². The van der Waals surface area contributed by atoms with E-state index in [1.807, 2.05) is 23.1 Å². The quantitative estimate of drug-likeness (QED) is 0.810. The highest BCUT2D eigenvalue weighted by molar-refractivity contribution is 5.34. The van der Waals surface area contributed by atoms with Gasteiger partial charge in [-0.25, -0.2) is 9.67 Å². The summed E-state index contributed by atoms with van der Waals surface area (Å²) in [4.78, 5) is 7.04. The molecule has 2 aromatic heterocycles. The van der Waals surface area contributed by atoms with Crippen LogP contribution in [0.3, 0.4) is 0 Å². The molecule has 2 heterocycles. The fourth-order valence-corrected chi connectivity index (χ4v) is 1.55. The van der Waals surface area contributed by atoms with Crippen LogP contribution in [0.5, 0.6) is 0 Å². The van der Waals surface area contributed by atoms with E-state index in [1.165, 1.54) is 0 Å². The summed E-state index contributed by atoms with van der Waals surface area (Å²) in [7, 11) is 0. The van der Waals surface area contributed by atoms with Gasteiger partial charge in [-0.05, 0) is 13.3 Å². The standard InChI is InChI=1S/C11H17N5/c1-3-9(2)16-11(4-5-15-16)13-7-10-6-12-8-14-10/h4-6,8-9,13H,3,7H2,1-2H3,(H,12,14). The summed E-state index contributed by atoms with van der Waals surface area (Å²) in [6.07, 6.45) is 6.39. The molecule has 0 aliphatic heterocycles. The van der Waals surface area contributed by atoms with Gasteiger partial charge in [0.15, 0.2) is 0 Å². The number of imidazole rings is 1. The van der Waals surface area contributed by atoms with Crippen molar-refractivity contribution in [1.29, 1.82) is 0 Å². The maximum absolute atomic E-state index is 4.32. The first kappa shape index (κ1) is 10.7. The van der Waals surface area contributed by atoms with Crippen molar-refractivity contribution in [3.05, 3.63) is 30.5 Å². The minimum absolute atomic E-state index is 0.416. The molecule has 86 valence electrons. The van der Waals surface area contributed by atoms with E-state index in [1.54, 1.807) is 6.33 Å². The maximum Gasteiger partial charge on any atom is 0.124 e. The van der Waals surface area contributed by atoms with Crippen LogP contribution >= 0.6 is 0 Å². The zero-order valence-electron chi connectivity index (χ0n) is 9.64. The van der Waals surface area contributed by atoms with Crippen molar-refractivity contribution in [2.75, 3.05) is 5.32 Å². The molecule has 5 nitrogen and oxygen atoms in total. The first-order chi connectivity index (χ1) is 7.81. The van der Waals surface area contributed by atoms with Gasteiger partial charge in [0, 0.05) is 12.3 Å². The monoisotopic (exact) mass is 219 g/mol. The Balaban J connectivity index is 2.01. The largest absolute Gasteiger partial charge is 0.365 e. The molecule has 0 aromatic carbocycles. The van der Waals surface area contributed by atoms with Crippen molar-refractivity contribution >= 4 is 5.82 Å². The molecule has 0 aliphatic rings. The number of H-pyrrole nitrogens is 1. The van der Waals surface area contributed by atoms with Gasteiger partial charge in [-0.2, -0.15) is 5.10 Å². The van der Waals surface area contributed by atoms with E-state index in [0.29, 0.717) is 6.04 Å². The van der Waals surface area contributed by atoms with Crippen LogP contribution in [0.2, 0.25) is 0 Å². The number of hydrogen-bond acceptors (Lipinski definition) is 3. The zero-order valence-corrected chi connectivity index (χ0v) is 9.64. The molecule has 2 rings (SSSR count). The van der Waals surface area contributed by atoms with E-state index in [-0.39, 0.29) is 0 Å². The summed E-state index contributed by atoms with van der Waals surface area (Å²) < 4.78 is 2.01. The fraction of sp³-hybridized carbons (Fsp3) is 0.455. The van der Waals surface area contributed by atoms with E-state index in [2.05, 4.69) is 34.2 Å². The average Bonchev–Trinajstić information content (AvgIpc) is 2.96. The number of hydrogen-bond donors (Lipinski definition) is 2. The average molecular weight is 219 g/mol. The van der Waals surface area contributed by atoms with E-state index < -0.39 is 0 Å². The summed E-state index contributed by atoms with van der Waals surface area (Å²) in [5.41, 5.74) is 1.07. The molecule has 0 bridgehead atoms. The molecule has 1 unspecified atom stereocenters. The van der Waals surface area contributed by atoms with Gasteiger partial charge in [0.05, 0.1) is 30.8 Å². The predicted octanol–water partition coefficient (Wildman–Crippen LogP) is 2.19. The fourth-order valence-electron chi connectivity index (χ4n) is 1.55. The molecule has 5 heteroatoms.